The fourth-order valence-corrected chi connectivity index (χ4v) is 2.92. The second-order valence-corrected chi connectivity index (χ2v) is 7.91. The smallest absolute Gasteiger partial charge is 0.224 e. The molecule has 0 radical (unpaired) electrons. The normalized spacial score (nSPS) is 13.5. The van der Waals surface area contributed by atoms with Gasteiger partial charge in [0.1, 0.15) is 5.78 Å². The molecule has 0 fully saturated rings. The SMILES string of the molecule is CC(=O)C[C@H](C(=O)N[C@@H](Cc1ccccc1)C(=O)CCC(C)C)C(C)C. The molecule has 4 heteroatoms. The minimum absolute atomic E-state index is 0.00964. The topological polar surface area (TPSA) is 63.2 Å². The van der Waals surface area contributed by atoms with Gasteiger partial charge in [-0.1, -0.05) is 58.0 Å². The zero-order chi connectivity index (χ0) is 19.7. The molecule has 0 heterocycles. The Morgan fingerprint density at radius 3 is 2.12 bits per heavy atom. The second kappa shape index (κ2) is 10.9. The van der Waals surface area contributed by atoms with Crippen molar-refractivity contribution >= 4 is 17.5 Å². The molecule has 4 nitrogen and oxygen atoms in total. The molecule has 0 bridgehead atoms. The summed E-state index contributed by atoms with van der Waals surface area (Å²) >= 11 is 0. The average molecular weight is 360 g/mol. The summed E-state index contributed by atoms with van der Waals surface area (Å²) in [6.07, 6.45) is 1.95. The summed E-state index contributed by atoms with van der Waals surface area (Å²) in [5.74, 6) is -0.0706. The first-order valence-corrected chi connectivity index (χ1v) is 9.57. The van der Waals surface area contributed by atoms with Gasteiger partial charge < -0.3 is 10.1 Å². The highest BCUT2D eigenvalue weighted by molar-refractivity contribution is 5.91. The van der Waals surface area contributed by atoms with Crippen molar-refractivity contribution in [2.75, 3.05) is 0 Å². The molecule has 26 heavy (non-hydrogen) atoms. The van der Waals surface area contributed by atoms with Gasteiger partial charge in [-0.3, -0.25) is 9.59 Å². The maximum Gasteiger partial charge on any atom is 0.224 e. The highest BCUT2D eigenvalue weighted by atomic mass is 16.2. The van der Waals surface area contributed by atoms with Crippen LogP contribution >= 0.6 is 0 Å². The van der Waals surface area contributed by atoms with E-state index in [9.17, 15) is 14.4 Å². The van der Waals surface area contributed by atoms with Crippen molar-refractivity contribution in [2.45, 2.75) is 66.3 Å². The lowest BCUT2D eigenvalue weighted by Crippen LogP contribution is -2.46. The van der Waals surface area contributed by atoms with Gasteiger partial charge in [0.15, 0.2) is 5.78 Å². The number of hydrogen-bond acceptors (Lipinski definition) is 3. The van der Waals surface area contributed by atoms with Crippen LogP contribution in [-0.4, -0.2) is 23.5 Å². The number of Topliss-reactive ketones (excluding diaryl/α,β-unsaturated/α-hetero) is 2. The van der Waals surface area contributed by atoms with E-state index < -0.39 is 12.0 Å². The van der Waals surface area contributed by atoms with Crippen LogP contribution in [0.3, 0.4) is 0 Å². The van der Waals surface area contributed by atoms with E-state index in [2.05, 4.69) is 19.2 Å². The largest absolute Gasteiger partial charge is 0.346 e. The van der Waals surface area contributed by atoms with Gasteiger partial charge in [-0.2, -0.15) is 0 Å². The first-order chi connectivity index (χ1) is 12.2. The van der Waals surface area contributed by atoms with Crippen LogP contribution in [0.15, 0.2) is 30.3 Å². The van der Waals surface area contributed by atoms with Crippen LogP contribution in [-0.2, 0) is 20.8 Å². The maximum atomic E-state index is 12.7. The minimum atomic E-state index is -0.545. The quantitative estimate of drug-likeness (QED) is 0.650. The Kier molecular flexibility index (Phi) is 9.25. The first-order valence-electron chi connectivity index (χ1n) is 9.57. The standard InChI is InChI=1S/C22H33NO3/c1-15(2)11-12-21(25)20(14-18-9-7-6-8-10-18)23-22(26)19(16(3)4)13-17(5)24/h6-10,15-16,19-20H,11-14H2,1-5H3,(H,23,26)/t19-,20-/m0/s1. The van der Waals surface area contributed by atoms with E-state index in [1.807, 2.05) is 44.2 Å². The summed E-state index contributed by atoms with van der Waals surface area (Å²) in [5, 5.41) is 2.94. The maximum absolute atomic E-state index is 12.7. The molecule has 0 aliphatic heterocycles. The van der Waals surface area contributed by atoms with Crippen LogP contribution in [0.1, 0.15) is 59.4 Å². The minimum Gasteiger partial charge on any atom is -0.346 e. The monoisotopic (exact) mass is 359 g/mol. The van der Waals surface area contributed by atoms with E-state index in [0.717, 1.165) is 12.0 Å². The molecule has 144 valence electrons. The molecule has 1 amide bonds. The third-order valence-corrected chi connectivity index (χ3v) is 4.60. The lowest BCUT2D eigenvalue weighted by Gasteiger charge is -2.24. The Hall–Kier alpha value is -1.97. The predicted octanol–water partition coefficient (Wildman–Crippen LogP) is 3.97. The molecule has 0 unspecified atom stereocenters. The summed E-state index contributed by atoms with van der Waals surface area (Å²) in [6, 6.07) is 9.17. The summed E-state index contributed by atoms with van der Waals surface area (Å²) in [7, 11) is 0. The summed E-state index contributed by atoms with van der Waals surface area (Å²) in [4.78, 5) is 37.0. The number of hydrogen-bond donors (Lipinski definition) is 1. The number of carbonyl (C=O) groups is 3. The van der Waals surface area contributed by atoms with Gasteiger partial charge in [0.25, 0.3) is 0 Å². The van der Waals surface area contributed by atoms with E-state index in [4.69, 9.17) is 0 Å². The predicted molar refractivity (Wildman–Crippen MR) is 105 cm³/mol. The fourth-order valence-electron chi connectivity index (χ4n) is 2.92. The van der Waals surface area contributed by atoms with E-state index in [-0.39, 0.29) is 29.8 Å². The second-order valence-electron chi connectivity index (χ2n) is 7.91. The molecule has 2 atom stereocenters. The van der Waals surface area contributed by atoms with Crippen molar-refractivity contribution in [3.05, 3.63) is 35.9 Å². The van der Waals surface area contributed by atoms with Crippen molar-refractivity contribution in [3.63, 3.8) is 0 Å². The number of nitrogens with one attached hydrogen (secondary N) is 1. The number of ketones is 2. The van der Waals surface area contributed by atoms with Gasteiger partial charge in [0, 0.05) is 18.8 Å². The summed E-state index contributed by atoms with van der Waals surface area (Å²) < 4.78 is 0. The van der Waals surface area contributed by atoms with Gasteiger partial charge in [0.2, 0.25) is 5.91 Å². The molecule has 1 aromatic carbocycles. The van der Waals surface area contributed by atoms with Crippen molar-refractivity contribution in [2.24, 2.45) is 17.8 Å². The molecule has 0 aliphatic carbocycles. The molecule has 1 rings (SSSR count). The summed E-state index contributed by atoms with van der Waals surface area (Å²) in [5.41, 5.74) is 1.02. The fraction of sp³-hybridized carbons (Fsp3) is 0.591. The van der Waals surface area contributed by atoms with Crippen LogP contribution in [0.5, 0.6) is 0 Å². The summed E-state index contributed by atoms with van der Waals surface area (Å²) in [6.45, 7) is 9.53. The van der Waals surface area contributed by atoms with Crippen molar-refractivity contribution < 1.29 is 14.4 Å². The molecule has 0 aromatic heterocycles. The highest BCUT2D eigenvalue weighted by Crippen LogP contribution is 2.17. The van der Waals surface area contributed by atoms with E-state index in [1.54, 1.807) is 0 Å². The van der Waals surface area contributed by atoms with Crippen LogP contribution in [0.4, 0.5) is 0 Å². The molecule has 0 aliphatic rings. The van der Waals surface area contributed by atoms with E-state index >= 15 is 0 Å². The van der Waals surface area contributed by atoms with Crippen LogP contribution in [0.25, 0.3) is 0 Å². The Bertz CT molecular complexity index is 593. The Labute approximate surface area is 157 Å². The molecule has 1 aromatic rings. The number of carbonyl (C=O) groups excluding carboxylic acids is 3. The molecule has 0 saturated carbocycles. The van der Waals surface area contributed by atoms with Crippen LogP contribution < -0.4 is 5.32 Å². The molecule has 0 saturated heterocycles. The lowest BCUT2D eigenvalue weighted by atomic mass is 9.89. The molecule has 1 N–H and O–H groups in total. The Balaban J connectivity index is 2.90. The van der Waals surface area contributed by atoms with Crippen LogP contribution in [0.2, 0.25) is 0 Å². The van der Waals surface area contributed by atoms with Crippen molar-refractivity contribution in [1.82, 2.24) is 5.32 Å². The van der Waals surface area contributed by atoms with Gasteiger partial charge in [-0.05, 0) is 37.2 Å². The highest BCUT2D eigenvalue weighted by Gasteiger charge is 2.28. The third kappa shape index (κ3) is 7.94. The molecule has 0 spiro atoms. The van der Waals surface area contributed by atoms with Gasteiger partial charge in [-0.25, -0.2) is 0 Å². The number of amides is 1. The van der Waals surface area contributed by atoms with Gasteiger partial charge in [0.05, 0.1) is 6.04 Å². The zero-order valence-corrected chi connectivity index (χ0v) is 16.7. The van der Waals surface area contributed by atoms with Crippen molar-refractivity contribution in [1.29, 1.82) is 0 Å². The first kappa shape index (κ1) is 22.1. The lowest BCUT2D eigenvalue weighted by molar-refractivity contribution is -0.133. The zero-order valence-electron chi connectivity index (χ0n) is 16.7. The van der Waals surface area contributed by atoms with Gasteiger partial charge >= 0.3 is 0 Å². The Morgan fingerprint density at radius 1 is 1.00 bits per heavy atom. The average Bonchev–Trinajstić information content (AvgIpc) is 2.57. The molecular weight excluding hydrogens is 326 g/mol. The number of rotatable bonds is 11. The van der Waals surface area contributed by atoms with E-state index in [1.165, 1.54) is 6.92 Å². The van der Waals surface area contributed by atoms with Gasteiger partial charge in [-0.15, -0.1) is 0 Å². The Morgan fingerprint density at radius 2 is 1.62 bits per heavy atom. The third-order valence-electron chi connectivity index (χ3n) is 4.60. The van der Waals surface area contributed by atoms with Crippen LogP contribution in [0, 0.1) is 17.8 Å². The van der Waals surface area contributed by atoms with E-state index in [0.29, 0.717) is 18.8 Å². The van der Waals surface area contributed by atoms with Crippen molar-refractivity contribution in [3.8, 4) is 0 Å². The number of benzene rings is 1. The molecular formula is C22H33NO3.